The summed E-state index contributed by atoms with van der Waals surface area (Å²) in [5.41, 5.74) is 0.891. The Morgan fingerprint density at radius 3 is 2.67 bits per heavy atom. The van der Waals surface area contributed by atoms with Gasteiger partial charge in [-0.15, -0.1) is 0 Å². The van der Waals surface area contributed by atoms with Gasteiger partial charge in [0.1, 0.15) is 5.82 Å². The molecule has 0 aliphatic carbocycles. The number of nitrogens with one attached hydrogen (secondary N) is 1. The lowest BCUT2D eigenvalue weighted by atomic mass is 9.81. The molecule has 0 saturated carbocycles. The molecule has 1 aromatic heterocycles. The van der Waals surface area contributed by atoms with Gasteiger partial charge < -0.3 is 15.4 Å². The van der Waals surface area contributed by atoms with Crippen LogP contribution >= 0.6 is 11.6 Å². The lowest BCUT2D eigenvalue weighted by Gasteiger charge is -2.08. The average molecular weight is 266 g/mol. The highest BCUT2D eigenvalue weighted by molar-refractivity contribution is 6.58. The molecular formula is C11H9BClFN2O2. The minimum absolute atomic E-state index is 0.217. The molecule has 7 heteroatoms. The van der Waals surface area contributed by atoms with E-state index in [0.29, 0.717) is 10.7 Å². The normalized spacial score (nSPS) is 10.2. The Labute approximate surface area is 108 Å². The average Bonchev–Trinajstić information content (AvgIpc) is 2.33. The van der Waals surface area contributed by atoms with Crippen LogP contribution in [0.25, 0.3) is 0 Å². The number of rotatable bonds is 3. The fourth-order valence-electron chi connectivity index (χ4n) is 1.41. The molecule has 0 aliphatic heterocycles. The summed E-state index contributed by atoms with van der Waals surface area (Å²) in [5.74, 6) is -0.502. The van der Waals surface area contributed by atoms with Crippen molar-refractivity contribution in [1.29, 1.82) is 0 Å². The number of pyridine rings is 1. The molecule has 0 radical (unpaired) electrons. The smallest absolute Gasteiger partial charge is 0.423 e. The van der Waals surface area contributed by atoms with Crippen LogP contribution in [0.15, 0.2) is 36.7 Å². The summed E-state index contributed by atoms with van der Waals surface area (Å²) < 4.78 is 13.5. The Balaban J connectivity index is 2.25. The van der Waals surface area contributed by atoms with Gasteiger partial charge in [0.05, 0.1) is 17.6 Å². The molecule has 2 rings (SSSR count). The summed E-state index contributed by atoms with van der Waals surface area (Å²) in [6, 6.07) is 5.68. The third-order valence-corrected chi connectivity index (χ3v) is 2.50. The predicted molar refractivity (Wildman–Crippen MR) is 68.8 cm³/mol. The zero-order chi connectivity index (χ0) is 13.1. The lowest BCUT2D eigenvalue weighted by molar-refractivity contribution is 0.425. The van der Waals surface area contributed by atoms with Gasteiger partial charge in [0, 0.05) is 16.7 Å². The molecule has 2 aromatic rings. The van der Waals surface area contributed by atoms with Gasteiger partial charge in [-0.1, -0.05) is 11.6 Å². The number of anilines is 2. The molecule has 18 heavy (non-hydrogen) atoms. The van der Waals surface area contributed by atoms with Crippen LogP contribution in [0.2, 0.25) is 5.02 Å². The quantitative estimate of drug-likeness (QED) is 0.733. The predicted octanol–water partition coefficient (Wildman–Crippen LogP) is 1.30. The van der Waals surface area contributed by atoms with E-state index in [-0.39, 0.29) is 11.2 Å². The van der Waals surface area contributed by atoms with Crippen LogP contribution in [-0.4, -0.2) is 22.2 Å². The highest BCUT2D eigenvalue weighted by atomic mass is 35.5. The van der Waals surface area contributed by atoms with E-state index in [1.165, 1.54) is 30.6 Å². The van der Waals surface area contributed by atoms with Crippen molar-refractivity contribution in [1.82, 2.24) is 4.98 Å². The molecule has 0 amide bonds. The maximum atomic E-state index is 13.5. The van der Waals surface area contributed by atoms with Crippen molar-refractivity contribution in [3.05, 3.63) is 47.5 Å². The highest BCUT2D eigenvalue weighted by Crippen LogP contribution is 2.22. The zero-order valence-corrected chi connectivity index (χ0v) is 9.89. The first kappa shape index (κ1) is 12.8. The van der Waals surface area contributed by atoms with Gasteiger partial charge in [-0.3, -0.25) is 4.98 Å². The van der Waals surface area contributed by atoms with Gasteiger partial charge in [-0.25, -0.2) is 4.39 Å². The molecule has 0 unspecified atom stereocenters. The minimum Gasteiger partial charge on any atom is -0.423 e. The van der Waals surface area contributed by atoms with Crippen LogP contribution in [0, 0.1) is 5.82 Å². The lowest BCUT2D eigenvalue weighted by Crippen LogP contribution is -2.30. The Bertz CT molecular complexity index is 568. The van der Waals surface area contributed by atoms with E-state index in [1.807, 2.05) is 0 Å². The Morgan fingerprint density at radius 1 is 1.22 bits per heavy atom. The fraction of sp³-hybridized carbons (Fsp3) is 0. The van der Waals surface area contributed by atoms with E-state index in [2.05, 4.69) is 10.3 Å². The maximum Gasteiger partial charge on any atom is 0.490 e. The molecule has 4 nitrogen and oxygen atoms in total. The third-order valence-electron chi connectivity index (χ3n) is 2.27. The van der Waals surface area contributed by atoms with Gasteiger partial charge in [0.15, 0.2) is 0 Å². The highest BCUT2D eigenvalue weighted by Gasteiger charge is 2.12. The summed E-state index contributed by atoms with van der Waals surface area (Å²) in [7, 11) is -1.62. The van der Waals surface area contributed by atoms with Gasteiger partial charge in [0.2, 0.25) is 0 Å². The summed E-state index contributed by atoms with van der Waals surface area (Å²) in [5, 5.41) is 21.1. The molecule has 0 fully saturated rings. The number of benzene rings is 1. The van der Waals surface area contributed by atoms with Crippen molar-refractivity contribution < 1.29 is 14.4 Å². The number of aromatic nitrogens is 1. The van der Waals surface area contributed by atoms with E-state index in [1.54, 1.807) is 6.07 Å². The molecule has 0 spiro atoms. The molecule has 0 atom stereocenters. The summed E-state index contributed by atoms with van der Waals surface area (Å²) in [4.78, 5) is 3.82. The summed E-state index contributed by atoms with van der Waals surface area (Å²) in [6.07, 6.45) is 2.76. The molecule has 0 bridgehead atoms. The Morgan fingerprint density at radius 2 is 2.00 bits per heavy atom. The van der Waals surface area contributed by atoms with E-state index in [0.717, 1.165) is 0 Å². The van der Waals surface area contributed by atoms with Gasteiger partial charge >= 0.3 is 7.12 Å². The topological polar surface area (TPSA) is 65.4 Å². The maximum absolute atomic E-state index is 13.5. The first-order valence-electron chi connectivity index (χ1n) is 5.09. The minimum atomic E-state index is -1.62. The van der Waals surface area contributed by atoms with Gasteiger partial charge in [0.25, 0.3) is 0 Å². The first-order valence-corrected chi connectivity index (χ1v) is 5.47. The standard InChI is InChI=1S/C11H9BClFN2O2/c13-8-1-2-11(10(14)4-8)16-9-3-7(12(17)18)5-15-6-9/h1-6,16-18H. The molecule has 0 aliphatic rings. The molecule has 0 saturated heterocycles. The molecule has 92 valence electrons. The van der Waals surface area contributed by atoms with Crippen LogP contribution in [0.5, 0.6) is 0 Å². The van der Waals surface area contributed by atoms with Crippen molar-refractivity contribution in [2.75, 3.05) is 5.32 Å². The van der Waals surface area contributed by atoms with E-state index < -0.39 is 12.9 Å². The second-order valence-electron chi connectivity index (χ2n) is 3.63. The SMILES string of the molecule is OB(O)c1cncc(Nc2ccc(Cl)cc2F)c1. The van der Waals surface area contributed by atoms with Crippen molar-refractivity contribution in [3.8, 4) is 0 Å². The van der Waals surface area contributed by atoms with Gasteiger partial charge in [-0.05, 0) is 24.3 Å². The molecule has 3 N–H and O–H groups in total. The molecule has 1 heterocycles. The van der Waals surface area contributed by atoms with Crippen LogP contribution in [0.4, 0.5) is 15.8 Å². The van der Waals surface area contributed by atoms with Crippen LogP contribution < -0.4 is 10.8 Å². The van der Waals surface area contributed by atoms with Crippen molar-refractivity contribution >= 4 is 35.6 Å². The Kier molecular flexibility index (Phi) is 3.81. The number of hydrogen-bond acceptors (Lipinski definition) is 4. The third kappa shape index (κ3) is 2.98. The van der Waals surface area contributed by atoms with Crippen LogP contribution in [0.3, 0.4) is 0 Å². The van der Waals surface area contributed by atoms with Gasteiger partial charge in [-0.2, -0.15) is 0 Å². The number of halogens is 2. The Hall–Kier alpha value is -1.63. The second-order valence-corrected chi connectivity index (χ2v) is 4.07. The second kappa shape index (κ2) is 5.35. The molecular weight excluding hydrogens is 257 g/mol. The number of hydrogen-bond donors (Lipinski definition) is 3. The fourth-order valence-corrected chi connectivity index (χ4v) is 1.57. The van der Waals surface area contributed by atoms with E-state index in [9.17, 15) is 4.39 Å². The summed E-state index contributed by atoms with van der Waals surface area (Å²) in [6.45, 7) is 0. The molecule has 1 aromatic carbocycles. The van der Waals surface area contributed by atoms with E-state index in [4.69, 9.17) is 21.6 Å². The van der Waals surface area contributed by atoms with Crippen molar-refractivity contribution in [2.45, 2.75) is 0 Å². The number of nitrogens with zero attached hydrogens (tertiary/aromatic N) is 1. The van der Waals surface area contributed by atoms with Crippen molar-refractivity contribution in [2.24, 2.45) is 0 Å². The summed E-state index contributed by atoms with van der Waals surface area (Å²) >= 11 is 5.64. The van der Waals surface area contributed by atoms with Crippen LogP contribution in [0.1, 0.15) is 0 Å². The van der Waals surface area contributed by atoms with Crippen molar-refractivity contribution in [3.63, 3.8) is 0 Å². The zero-order valence-electron chi connectivity index (χ0n) is 9.14. The first-order chi connectivity index (χ1) is 8.56. The largest absolute Gasteiger partial charge is 0.490 e. The monoisotopic (exact) mass is 266 g/mol. The van der Waals surface area contributed by atoms with Crippen LogP contribution in [-0.2, 0) is 0 Å². The van der Waals surface area contributed by atoms with E-state index >= 15 is 0 Å².